The average molecular weight is 195 g/mol. The molecule has 0 atom stereocenters. The van der Waals surface area contributed by atoms with Gasteiger partial charge in [0.25, 0.3) is 10.2 Å². The first-order valence-electron chi connectivity index (χ1n) is 4.00. The van der Waals surface area contributed by atoms with Crippen LogP contribution in [0.2, 0.25) is 0 Å². The van der Waals surface area contributed by atoms with Crippen LogP contribution in [0.3, 0.4) is 0 Å². The summed E-state index contributed by atoms with van der Waals surface area (Å²) in [5, 5.41) is 4.96. The molecule has 0 aromatic carbocycles. The molecule has 0 saturated carbocycles. The molecule has 5 nitrogen and oxygen atoms in total. The third-order valence-corrected chi connectivity index (χ3v) is 2.53. The third-order valence-electron chi connectivity index (χ3n) is 1.44. The van der Waals surface area contributed by atoms with Gasteiger partial charge in [0.2, 0.25) is 0 Å². The highest BCUT2D eigenvalue weighted by Gasteiger charge is 2.14. The molecular weight excluding hydrogens is 178 g/mol. The maximum atomic E-state index is 10.9. The molecule has 0 spiro atoms. The summed E-state index contributed by atoms with van der Waals surface area (Å²) in [6.45, 7) is 3.28. The lowest BCUT2D eigenvalue weighted by molar-refractivity contribution is 0.407. The molecule has 12 heavy (non-hydrogen) atoms. The van der Waals surface area contributed by atoms with E-state index in [0.29, 0.717) is 26.1 Å². The summed E-state index contributed by atoms with van der Waals surface area (Å²) in [6.07, 6.45) is 1.41. The summed E-state index contributed by atoms with van der Waals surface area (Å²) in [6, 6.07) is 0. The molecule has 0 aliphatic rings. The topological polar surface area (TPSA) is 89.4 Å². The Labute approximate surface area is 73.9 Å². The van der Waals surface area contributed by atoms with Crippen LogP contribution in [0.1, 0.15) is 19.8 Å². The first-order chi connectivity index (χ1) is 5.52. The highest BCUT2D eigenvalue weighted by molar-refractivity contribution is 7.86. The molecule has 0 saturated heterocycles. The molecule has 0 fully saturated rings. The summed E-state index contributed by atoms with van der Waals surface area (Å²) in [7, 11) is -3.52. The standard InChI is InChI=1S/C6H17N3O2S/c1-2-5-9(6-3-4-7)12(8,10)11/h2-7H2,1H3,(H2,8,10,11). The quantitative estimate of drug-likeness (QED) is 0.584. The summed E-state index contributed by atoms with van der Waals surface area (Å²) in [5.41, 5.74) is 5.25. The first-order valence-corrected chi connectivity index (χ1v) is 5.50. The van der Waals surface area contributed by atoms with Crippen molar-refractivity contribution in [3.05, 3.63) is 0 Å². The van der Waals surface area contributed by atoms with Crippen LogP contribution in [0.15, 0.2) is 0 Å². The Balaban J connectivity index is 4.05. The molecule has 0 bridgehead atoms. The summed E-state index contributed by atoms with van der Waals surface area (Å²) < 4.78 is 23.0. The zero-order valence-electron chi connectivity index (χ0n) is 7.36. The normalized spacial score (nSPS) is 12.3. The third kappa shape index (κ3) is 4.66. The molecule has 0 radical (unpaired) electrons. The van der Waals surface area contributed by atoms with Crippen molar-refractivity contribution in [2.75, 3.05) is 19.6 Å². The van der Waals surface area contributed by atoms with Crippen LogP contribution in [0.4, 0.5) is 0 Å². The minimum Gasteiger partial charge on any atom is -0.330 e. The Bertz CT molecular complexity index is 203. The maximum Gasteiger partial charge on any atom is 0.276 e. The van der Waals surface area contributed by atoms with Gasteiger partial charge < -0.3 is 5.73 Å². The van der Waals surface area contributed by atoms with Gasteiger partial charge in [-0.25, -0.2) is 5.14 Å². The second-order valence-electron chi connectivity index (χ2n) is 2.59. The Morgan fingerprint density at radius 3 is 2.25 bits per heavy atom. The van der Waals surface area contributed by atoms with E-state index in [1.807, 2.05) is 6.92 Å². The smallest absolute Gasteiger partial charge is 0.276 e. The van der Waals surface area contributed by atoms with Crippen molar-refractivity contribution < 1.29 is 8.42 Å². The van der Waals surface area contributed by atoms with Gasteiger partial charge in [-0.1, -0.05) is 6.92 Å². The van der Waals surface area contributed by atoms with E-state index < -0.39 is 10.2 Å². The number of nitrogens with zero attached hydrogens (tertiary/aromatic N) is 1. The van der Waals surface area contributed by atoms with Crippen LogP contribution in [-0.4, -0.2) is 32.4 Å². The zero-order valence-corrected chi connectivity index (χ0v) is 8.18. The van der Waals surface area contributed by atoms with Crippen LogP contribution in [-0.2, 0) is 10.2 Å². The molecule has 4 N–H and O–H groups in total. The number of hydrogen-bond acceptors (Lipinski definition) is 3. The summed E-state index contributed by atoms with van der Waals surface area (Å²) in [5.74, 6) is 0. The van der Waals surface area contributed by atoms with Gasteiger partial charge in [-0.15, -0.1) is 0 Å². The molecule has 0 aliphatic carbocycles. The lowest BCUT2D eigenvalue weighted by atomic mass is 10.4. The van der Waals surface area contributed by atoms with E-state index >= 15 is 0 Å². The molecule has 0 heterocycles. The van der Waals surface area contributed by atoms with Crippen molar-refractivity contribution in [2.45, 2.75) is 19.8 Å². The van der Waals surface area contributed by atoms with E-state index in [9.17, 15) is 8.42 Å². The summed E-state index contributed by atoms with van der Waals surface area (Å²) >= 11 is 0. The predicted octanol–water partition coefficient (Wildman–Crippen LogP) is -0.749. The fourth-order valence-electron chi connectivity index (χ4n) is 0.883. The maximum absolute atomic E-state index is 10.9. The van der Waals surface area contributed by atoms with E-state index in [1.54, 1.807) is 0 Å². The van der Waals surface area contributed by atoms with Crippen molar-refractivity contribution in [1.29, 1.82) is 0 Å². The fourth-order valence-corrected chi connectivity index (χ4v) is 1.70. The van der Waals surface area contributed by atoms with Crippen molar-refractivity contribution in [1.82, 2.24) is 4.31 Å². The average Bonchev–Trinajstić information content (AvgIpc) is 1.95. The Kier molecular flexibility index (Phi) is 5.39. The molecule has 0 unspecified atom stereocenters. The van der Waals surface area contributed by atoms with Crippen LogP contribution in [0, 0.1) is 0 Å². The minimum atomic E-state index is -3.52. The molecule has 0 rings (SSSR count). The molecule has 0 aromatic rings. The van der Waals surface area contributed by atoms with Crippen LogP contribution >= 0.6 is 0 Å². The van der Waals surface area contributed by atoms with Gasteiger partial charge >= 0.3 is 0 Å². The lowest BCUT2D eigenvalue weighted by Crippen LogP contribution is -2.38. The zero-order chi connectivity index (χ0) is 9.61. The van der Waals surface area contributed by atoms with E-state index in [-0.39, 0.29) is 0 Å². The molecule has 0 aliphatic heterocycles. The molecule has 6 heteroatoms. The molecule has 0 aromatic heterocycles. The van der Waals surface area contributed by atoms with E-state index in [1.165, 1.54) is 4.31 Å². The number of rotatable bonds is 6. The van der Waals surface area contributed by atoms with Gasteiger partial charge in [-0.05, 0) is 19.4 Å². The van der Waals surface area contributed by atoms with E-state index in [2.05, 4.69) is 0 Å². The van der Waals surface area contributed by atoms with Gasteiger partial charge in [0, 0.05) is 13.1 Å². The summed E-state index contributed by atoms with van der Waals surface area (Å²) in [4.78, 5) is 0. The monoisotopic (exact) mass is 195 g/mol. The van der Waals surface area contributed by atoms with Crippen LogP contribution < -0.4 is 10.9 Å². The van der Waals surface area contributed by atoms with Crippen molar-refractivity contribution in [3.63, 3.8) is 0 Å². The predicted molar refractivity (Wildman–Crippen MR) is 48.6 cm³/mol. The Morgan fingerprint density at radius 1 is 1.33 bits per heavy atom. The van der Waals surface area contributed by atoms with Gasteiger partial charge in [-0.3, -0.25) is 0 Å². The number of nitrogens with two attached hydrogens (primary N) is 2. The van der Waals surface area contributed by atoms with Gasteiger partial charge in [0.05, 0.1) is 0 Å². The van der Waals surface area contributed by atoms with Crippen molar-refractivity contribution in [2.24, 2.45) is 10.9 Å². The molecule has 74 valence electrons. The lowest BCUT2D eigenvalue weighted by Gasteiger charge is -2.17. The van der Waals surface area contributed by atoms with Gasteiger partial charge in [0.15, 0.2) is 0 Å². The Morgan fingerprint density at radius 2 is 1.92 bits per heavy atom. The molecule has 0 amide bonds. The minimum absolute atomic E-state index is 0.420. The van der Waals surface area contributed by atoms with Gasteiger partial charge in [0.1, 0.15) is 0 Å². The Hall–Kier alpha value is -0.170. The van der Waals surface area contributed by atoms with Crippen LogP contribution in [0.5, 0.6) is 0 Å². The highest BCUT2D eigenvalue weighted by atomic mass is 32.2. The van der Waals surface area contributed by atoms with Gasteiger partial charge in [-0.2, -0.15) is 12.7 Å². The molecular formula is C6H17N3O2S. The van der Waals surface area contributed by atoms with Crippen molar-refractivity contribution in [3.8, 4) is 0 Å². The number of hydrogen-bond donors (Lipinski definition) is 2. The van der Waals surface area contributed by atoms with E-state index in [4.69, 9.17) is 10.9 Å². The fraction of sp³-hybridized carbons (Fsp3) is 1.00. The highest BCUT2D eigenvalue weighted by Crippen LogP contribution is 1.97. The second kappa shape index (κ2) is 5.47. The SMILES string of the molecule is CCCN(CCCN)S(N)(=O)=O. The van der Waals surface area contributed by atoms with Crippen molar-refractivity contribution >= 4 is 10.2 Å². The largest absolute Gasteiger partial charge is 0.330 e. The van der Waals surface area contributed by atoms with E-state index in [0.717, 1.165) is 6.42 Å². The first kappa shape index (κ1) is 11.8. The second-order valence-corrected chi connectivity index (χ2v) is 4.13. The van der Waals surface area contributed by atoms with Crippen LogP contribution in [0.25, 0.3) is 0 Å².